The highest BCUT2D eigenvalue weighted by Gasteiger charge is 1.55. The van der Waals surface area contributed by atoms with Crippen molar-refractivity contribution in [2.45, 2.75) is 0 Å². The Kier molecular flexibility index (Phi) is 35.6. The molecule has 0 aliphatic heterocycles. The molecule has 0 aromatic carbocycles. The summed E-state index contributed by atoms with van der Waals surface area (Å²) in [5.74, 6) is 0. The summed E-state index contributed by atoms with van der Waals surface area (Å²) in [6, 6.07) is 0. The van der Waals surface area contributed by atoms with Gasteiger partial charge in [-0.05, 0) is 0 Å². The monoisotopic (exact) mass is 244 g/mol. The van der Waals surface area contributed by atoms with Gasteiger partial charge in [-0.1, -0.05) is 0 Å². The normalized spacial score (nSPS) is 4.57. The molecule has 0 aliphatic rings. The third-order valence-corrected chi connectivity index (χ3v) is 1.00. The van der Waals surface area contributed by atoms with Crippen molar-refractivity contribution in [1.82, 2.24) is 0 Å². The molecule has 0 amide bonds. The van der Waals surface area contributed by atoms with Gasteiger partial charge in [0.2, 0.25) is 0 Å². The molecule has 0 atom stereocenters. The van der Waals surface area contributed by atoms with Crippen LogP contribution in [0.4, 0.5) is 0 Å². The van der Waals surface area contributed by atoms with E-state index in [-0.39, 0.29) is 43.5 Å². The Hall–Kier alpha value is 0.657. The molecule has 7 heavy (non-hydrogen) atoms. The maximum atomic E-state index is 3.54. The minimum Gasteiger partial charge on any atom is -0.114 e. The van der Waals surface area contributed by atoms with Crippen molar-refractivity contribution in [3.05, 3.63) is 24.6 Å². The second-order valence-electron chi connectivity index (χ2n) is 0.813. The molecule has 0 aromatic rings. The van der Waals surface area contributed by atoms with Gasteiger partial charge < -0.3 is 0 Å². The molecule has 0 nitrogen and oxygen atoms in total. The Morgan fingerprint density at radius 1 is 1.00 bits per heavy atom. The maximum Gasteiger partial charge on any atom is 0.0676 e. The van der Waals surface area contributed by atoms with Crippen molar-refractivity contribution < 1.29 is 0 Å². The molecule has 0 saturated carbocycles. The van der Waals surface area contributed by atoms with Gasteiger partial charge in [0.25, 0.3) is 0 Å². The van der Waals surface area contributed by atoms with E-state index in [0.717, 1.165) is 0 Å². The number of hydrogen-bond acceptors (Lipinski definition) is 0. The summed E-state index contributed by atoms with van der Waals surface area (Å²) in [5.41, 5.74) is 3.90. The van der Waals surface area contributed by atoms with Crippen LogP contribution < -0.4 is 0 Å². The first-order valence-electron chi connectivity index (χ1n) is 1.63. The summed E-state index contributed by atoms with van der Waals surface area (Å²) in [6.07, 6.45) is 0. The smallest absolute Gasteiger partial charge is 0.0676 e. The molecular weight excluding hydrogens is 236 g/mol. The highest BCUT2D eigenvalue weighted by molar-refractivity contribution is 8.93. The zero-order chi connectivity index (χ0) is 4.12. The van der Waals surface area contributed by atoms with Crippen LogP contribution in [0.15, 0.2) is 24.6 Å². The highest BCUT2D eigenvalue weighted by atomic mass is 79.9. The van der Waals surface area contributed by atoms with E-state index in [9.17, 15) is 0 Å². The molecule has 0 fully saturated rings. The van der Waals surface area contributed by atoms with Crippen molar-refractivity contribution in [2.24, 2.45) is 0 Å². The van der Waals surface area contributed by atoms with E-state index in [1.807, 2.05) is 11.4 Å². The van der Waals surface area contributed by atoms with Crippen LogP contribution in [-0.4, -0.2) is 9.52 Å². The van der Waals surface area contributed by atoms with E-state index >= 15 is 0 Å². The van der Waals surface area contributed by atoms with Gasteiger partial charge in [-0.2, -0.15) is 0 Å². The van der Waals surface area contributed by atoms with E-state index in [2.05, 4.69) is 13.2 Å². The van der Waals surface area contributed by atoms with Crippen LogP contribution in [0.3, 0.4) is 0 Å². The minimum absolute atomic E-state index is 0. The van der Waals surface area contributed by atoms with Gasteiger partial charge in [-0.15, -0.1) is 58.5 Å². The molecule has 3 heteroatoms. The van der Waals surface area contributed by atoms with Crippen LogP contribution in [0.1, 0.15) is 0 Å². The summed E-state index contributed by atoms with van der Waals surface area (Å²) >= 11 is 0. The average Bonchev–Trinajstić information content (AvgIpc) is 1.41. The fraction of sp³-hybridized carbons (Fsp3) is 0. The quantitative estimate of drug-likeness (QED) is 0.649. The largest absolute Gasteiger partial charge is 0.114 e. The summed E-state index contributed by atoms with van der Waals surface area (Å²) in [4.78, 5) is 0. The average molecular weight is 246 g/mol. The number of hydrogen-bond donors (Lipinski definition) is 0. The Balaban J connectivity index is -0.0000000800. The van der Waals surface area contributed by atoms with Gasteiger partial charge in [0.05, 0.1) is 9.52 Å². The van der Waals surface area contributed by atoms with Crippen LogP contribution in [0.25, 0.3) is 0 Å². The first kappa shape index (κ1) is 15.6. The summed E-state index contributed by atoms with van der Waals surface area (Å²) < 4.78 is 0. The Bertz CT molecular complexity index is 39.0. The lowest BCUT2D eigenvalue weighted by Gasteiger charge is -1.62. The first-order chi connectivity index (χ1) is 2.41. The fourth-order valence-electron chi connectivity index (χ4n) is 0.118. The molecule has 0 aromatic heterocycles. The van der Waals surface area contributed by atoms with Crippen LogP contribution in [0.2, 0.25) is 0 Å². The molecule has 0 rings (SSSR count). The minimum atomic E-state index is -0.0401. The molecule has 0 radical (unpaired) electrons. The van der Waals surface area contributed by atoms with Crippen molar-refractivity contribution >= 4 is 43.5 Å². The van der Waals surface area contributed by atoms with E-state index in [1.165, 1.54) is 0 Å². The van der Waals surface area contributed by atoms with Gasteiger partial charge >= 0.3 is 0 Å². The third kappa shape index (κ3) is 20.5. The second-order valence-corrected chi connectivity index (χ2v) is 2.44. The highest BCUT2D eigenvalue weighted by Crippen LogP contribution is 1.55. The Morgan fingerprint density at radius 3 is 1.29 bits per heavy atom. The lowest BCUT2D eigenvalue weighted by molar-refractivity contribution is 2.44. The predicted octanol–water partition coefficient (Wildman–Crippen LogP) is 1.60. The van der Waals surface area contributed by atoms with E-state index in [0.29, 0.717) is 0 Å². The molecule has 0 bridgehead atoms. The van der Waals surface area contributed by atoms with Gasteiger partial charge in [0, 0.05) is 0 Å². The molecule has 44 valence electrons. The molecule has 0 saturated heterocycles. The van der Waals surface area contributed by atoms with Crippen LogP contribution >= 0.6 is 34.0 Å². The molecule has 0 heterocycles. The molecule has 0 aliphatic carbocycles. The van der Waals surface area contributed by atoms with Crippen molar-refractivity contribution in [2.75, 3.05) is 0 Å². The van der Waals surface area contributed by atoms with Gasteiger partial charge in [-0.3, -0.25) is 0 Å². The fourth-order valence-corrected chi connectivity index (χ4v) is 0.354. The summed E-state index contributed by atoms with van der Waals surface area (Å²) in [6.45, 7) is 7.08. The van der Waals surface area contributed by atoms with Gasteiger partial charge in [-0.25, -0.2) is 0 Å². The van der Waals surface area contributed by atoms with Crippen LogP contribution in [0.5, 0.6) is 0 Å². The van der Waals surface area contributed by atoms with Crippen LogP contribution in [-0.2, 0) is 0 Å². The van der Waals surface area contributed by atoms with Crippen molar-refractivity contribution in [1.29, 1.82) is 0 Å². The summed E-state index contributed by atoms with van der Waals surface area (Å²) in [5, 5.41) is 0. The van der Waals surface area contributed by atoms with Gasteiger partial charge in [0.1, 0.15) is 0 Å². The van der Waals surface area contributed by atoms with E-state index < -0.39 is 0 Å². The topological polar surface area (TPSA) is 0 Å². The number of halogens is 2. The van der Waals surface area contributed by atoms with Crippen molar-refractivity contribution in [3.8, 4) is 0 Å². The molecular formula is C4H10Br2Si. The zero-order valence-corrected chi connectivity index (χ0v) is 8.93. The zero-order valence-electron chi connectivity index (χ0n) is 4.09. The van der Waals surface area contributed by atoms with E-state index in [4.69, 9.17) is 0 Å². The lowest BCUT2D eigenvalue weighted by atomic mass is 11.2. The number of rotatable bonds is 2. The summed E-state index contributed by atoms with van der Waals surface area (Å²) in [7, 11) is -0.0401. The van der Waals surface area contributed by atoms with E-state index in [1.54, 1.807) is 0 Å². The predicted molar refractivity (Wildman–Crippen MR) is 49.6 cm³/mol. The molecule has 0 unspecified atom stereocenters. The first-order valence-corrected chi connectivity index (χ1v) is 3.27. The second kappa shape index (κ2) is 15.9. The SMILES string of the molecule is Br.Br.C=C[SiH2]C=C. The van der Waals surface area contributed by atoms with Crippen molar-refractivity contribution in [3.63, 3.8) is 0 Å². The third-order valence-electron chi connectivity index (χ3n) is 0.333. The molecule has 0 N–H and O–H groups in total. The van der Waals surface area contributed by atoms with Crippen LogP contribution in [0, 0.1) is 0 Å². The molecule has 0 spiro atoms. The Labute approximate surface area is 68.1 Å². The Morgan fingerprint density at radius 2 is 1.29 bits per heavy atom. The lowest BCUT2D eigenvalue weighted by Crippen LogP contribution is -1.67. The van der Waals surface area contributed by atoms with Gasteiger partial charge in [0.15, 0.2) is 0 Å². The maximum absolute atomic E-state index is 3.54. The standard InChI is InChI=1S/C4H8Si.2BrH/c1-3-5-4-2;;/h3-4H,1-2,5H2;2*1H.